The quantitative estimate of drug-likeness (QED) is 0.262. The first-order valence-electron chi connectivity index (χ1n) is 11.4. The normalized spacial score (nSPS) is 12.1. The maximum atomic E-state index is 12.4. The Hall–Kier alpha value is -3.60. The van der Waals surface area contributed by atoms with Crippen LogP contribution in [-0.2, 0) is 19.6 Å². The van der Waals surface area contributed by atoms with Gasteiger partial charge in [-0.05, 0) is 54.4 Å². The highest BCUT2D eigenvalue weighted by atomic mass is 35.5. The number of sulfonamides is 1. The second-order valence-corrected chi connectivity index (χ2v) is 10.9. The Kier molecular flexibility index (Phi) is 10.1. The first kappa shape index (κ1) is 29.0. The van der Waals surface area contributed by atoms with E-state index in [0.717, 1.165) is 16.1 Å². The van der Waals surface area contributed by atoms with Crippen molar-refractivity contribution in [1.82, 2.24) is 10.7 Å². The van der Waals surface area contributed by atoms with Crippen LogP contribution in [0.1, 0.15) is 24.1 Å². The van der Waals surface area contributed by atoms with Gasteiger partial charge in [-0.1, -0.05) is 59.6 Å². The van der Waals surface area contributed by atoms with Gasteiger partial charge < -0.3 is 10.1 Å². The van der Waals surface area contributed by atoms with Crippen LogP contribution in [0.3, 0.4) is 0 Å². The predicted octanol–water partition coefficient (Wildman–Crippen LogP) is 4.17. The van der Waals surface area contributed by atoms with Gasteiger partial charge in [-0.2, -0.15) is 5.10 Å². The highest BCUT2D eigenvalue weighted by Crippen LogP contribution is 2.33. The molecule has 3 rings (SSSR count). The number of anilines is 1. The number of benzene rings is 3. The average Bonchev–Trinajstić information content (AvgIpc) is 2.88. The fourth-order valence-electron chi connectivity index (χ4n) is 3.32. The first-order valence-corrected chi connectivity index (χ1v) is 14.0. The van der Waals surface area contributed by atoms with Gasteiger partial charge in [-0.15, -0.1) is 0 Å². The Bertz CT molecular complexity index is 1400. The van der Waals surface area contributed by atoms with Gasteiger partial charge >= 0.3 is 0 Å². The SMILES string of the molecule is CC(NC(=O)COc1ccc(/C=N/NC(=O)CN(c2cccc(Cl)c2Cl)S(C)(=O)=O)cc1)c1ccccc1. The third kappa shape index (κ3) is 8.47. The van der Waals surface area contributed by atoms with E-state index in [4.69, 9.17) is 27.9 Å². The van der Waals surface area contributed by atoms with E-state index in [-0.39, 0.29) is 34.3 Å². The molecule has 3 aromatic rings. The number of hydrazone groups is 1. The molecule has 0 bridgehead atoms. The van der Waals surface area contributed by atoms with Crippen LogP contribution < -0.4 is 19.8 Å². The summed E-state index contributed by atoms with van der Waals surface area (Å²) in [7, 11) is -3.83. The third-order valence-corrected chi connectivity index (χ3v) is 7.15. The lowest BCUT2D eigenvalue weighted by Crippen LogP contribution is -2.39. The molecule has 0 aliphatic carbocycles. The minimum atomic E-state index is -3.83. The molecular formula is C26H26Cl2N4O5S. The molecule has 3 aromatic carbocycles. The number of ether oxygens (including phenoxy) is 1. The number of nitrogens with zero attached hydrogens (tertiary/aromatic N) is 2. The van der Waals surface area contributed by atoms with Crippen molar-refractivity contribution in [3.8, 4) is 5.75 Å². The molecular weight excluding hydrogens is 551 g/mol. The zero-order valence-electron chi connectivity index (χ0n) is 20.6. The van der Waals surface area contributed by atoms with Crippen molar-refractivity contribution < 1.29 is 22.7 Å². The molecule has 200 valence electrons. The lowest BCUT2D eigenvalue weighted by atomic mass is 10.1. The first-order chi connectivity index (χ1) is 18.0. The zero-order valence-corrected chi connectivity index (χ0v) is 22.9. The molecule has 38 heavy (non-hydrogen) atoms. The van der Waals surface area contributed by atoms with Crippen LogP contribution in [0.25, 0.3) is 0 Å². The van der Waals surface area contributed by atoms with Crippen LogP contribution in [0.15, 0.2) is 77.9 Å². The lowest BCUT2D eigenvalue weighted by molar-refractivity contribution is -0.123. The van der Waals surface area contributed by atoms with E-state index >= 15 is 0 Å². The van der Waals surface area contributed by atoms with Gasteiger partial charge in [-0.25, -0.2) is 13.8 Å². The second kappa shape index (κ2) is 13.3. The van der Waals surface area contributed by atoms with Crippen molar-refractivity contribution in [1.29, 1.82) is 0 Å². The molecule has 12 heteroatoms. The summed E-state index contributed by atoms with van der Waals surface area (Å²) >= 11 is 12.1. The molecule has 1 atom stereocenters. The van der Waals surface area contributed by atoms with E-state index in [1.54, 1.807) is 24.3 Å². The molecule has 0 saturated carbocycles. The van der Waals surface area contributed by atoms with Gasteiger partial charge in [0.25, 0.3) is 11.8 Å². The predicted molar refractivity (Wildman–Crippen MR) is 149 cm³/mol. The van der Waals surface area contributed by atoms with Crippen molar-refractivity contribution >= 4 is 56.9 Å². The highest BCUT2D eigenvalue weighted by Gasteiger charge is 2.23. The van der Waals surface area contributed by atoms with Crippen molar-refractivity contribution in [2.45, 2.75) is 13.0 Å². The number of hydrogen-bond acceptors (Lipinski definition) is 6. The number of carbonyl (C=O) groups is 2. The topological polar surface area (TPSA) is 117 Å². The van der Waals surface area contributed by atoms with E-state index in [2.05, 4.69) is 15.8 Å². The Morgan fingerprint density at radius 2 is 1.68 bits per heavy atom. The standard InChI is InChI=1S/C26H26Cl2N4O5S/c1-18(20-7-4-3-5-8-20)30-25(34)17-37-21-13-11-19(12-14-21)15-29-31-24(33)16-32(38(2,35)36)23-10-6-9-22(27)26(23)28/h3-15,18H,16-17H2,1-2H3,(H,30,34)(H,31,33)/b29-15+. The number of amides is 2. The summed E-state index contributed by atoms with van der Waals surface area (Å²) in [4.78, 5) is 24.5. The smallest absolute Gasteiger partial charge is 0.260 e. The van der Waals surface area contributed by atoms with Crippen LogP contribution in [-0.4, -0.2) is 45.9 Å². The van der Waals surface area contributed by atoms with E-state index in [0.29, 0.717) is 11.3 Å². The molecule has 0 aliphatic heterocycles. The largest absolute Gasteiger partial charge is 0.484 e. The zero-order chi connectivity index (χ0) is 27.7. The molecule has 0 aromatic heterocycles. The summed E-state index contributed by atoms with van der Waals surface area (Å²) in [5, 5.41) is 6.91. The monoisotopic (exact) mass is 576 g/mol. The number of rotatable bonds is 11. The fourth-order valence-corrected chi connectivity index (χ4v) is 4.63. The molecule has 0 fully saturated rings. The van der Waals surface area contributed by atoms with E-state index in [1.807, 2.05) is 37.3 Å². The third-order valence-electron chi connectivity index (χ3n) is 5.22. The van der Waals surface area contributed by atoms with Crippen molar-refractivity contribution in [2.24, 2.45) is 5.10 Å². The lowest BCUT2D eigenvalue weighted by Gasteiger charge is -2.22. The molecule has 2 N–H and O–H groups in total. The van der Waals surface area contributed by atoms with Crippen molar-refractivity contribution in [3.05, 3.63) is 94.0 Å². The Balaban J connectivity index is 1.50. The average molecular weight is 577 g/mol. The Labute approximate surface area is 231 Å². The van der Waals surface area contributed by atoms with E-state index in [9.17, 15) is 18.0 Å². The van der Waals surface area contributed by atoms with Gasteiger partial charge in [0.05, 0.1) is 34.2 Å². The minimum Gasteiger partial charge on any atom is -0.484 e. The van der Waals surface area contributed by atoms with Gasteiger partial charge in [0.15, 0.2) is 6.61 Å². The van der Waals surface area contributed by atoms with Crippen molar-refractivity contribution in [2.75, 3.05) is 23.7 Å². The van der Waals surface area contributed by atoms with Crippen LogP contribution in [0.5, 0.6) is 5.75 Å². The van der Waals surface area contributed by atoms with Gasteiger partial charge in [0, 0.05) is 0 Å². The Morgan fingerprint density at radius 1 is 1.00 bits per heavy atom. The molecule has 0 saturated heterocycles. The van der Waals surface area contributed by atoms with Crippen molar-refractivity contribution in [3.63, 3.8) is 0 Å². The molecule has 0 aliphatic rings. The molecule has 1 unspecified atom stereocenters. The van der Waals surface area contributed by atoms with E-state index in [1.165, 1.54) is 24.4 Å². The fraction of sp³-hybridized carbons (Fsp3) is 0.192. The Morgan fingerprint density at radius 3 is 2.34 bits per heavy atom. The molecule has 9 nitrogen and oxygen atoms in total. The number of halogens is 2. The molecule has 0 heterocycles. The van der Waals surface area contributed by atoms with Crippen LogP contribution in [0, 0.1) is 0 Å². The summed E-state index contributed by atoms with van der Waals surface area (Å²) in [6.45, 7) is 1.20. The van der Waals surface area contributed by atoms with Crippen LogP contribution in [0.2, 0.25) is 10.0 Å². The maximum Gasteiger partial charge on any atom is 0.260 e. The summed E-state index contributed by atoms with van der Waals surface area (Å²) in [5.41, 5.74) is 4.00. The summed E-state index contributed by atoms with van der Waals surface area (Å²) < 4.78 is 30.9. The summed E-state index contributed by atoms with van der Waals surface area (Å²) in [6.07, 6.45) is 2.34. The van der Waals surface area contributed by atoms with Gasteiger partial charge in [-0.3, -0.25) is 13.9 Å². The van der Waals surface area contributed by atoms with Crippen LogP contribution in [0.4, 0.5) is 5.69 Å². The highest BCUT2D eigenvalue weighted by molar-refractivity contribution is 7.92. The molecule has 2 amide bonds. The summed E-state index contributed by atoms with van der Waals surface area (Å²) in [6, 6.07) is 20.6. The van der Waals surface area contributed by atoms with Gasteiger partial charge in [0.1, 0.15) is 12.3 Å². The minimum absolute atomic E-state index is 0.0152. The van der Waals surface area contributed by atoms with Crippen LogP contribution >= 0.6 is 23.2 Å². The number of nitrogens with one attached hydrogen (secondary N) is 2. The number of hydrogen-bond donors (Lipinski definition) is 2. The molecule has 0 radical (unpaired) electrons. The second-order valence-electron chi connectivity index (χ2n) is 8.19. The summed E-state index contributed by atoms with van der Waals surface area (Å²) in [5.74, 6) is -0.453. The van der Waals surface area contributed by atoms with E-state index < -0.39 is 22.5 Å². The molecule has 0 spiro atoms. The maximum absolute atomic E-state index is 12.4. The van der Waals surface area contributed by atoms with Gasteiger partial charge in [0.2, 0.25) is 10.0 Å². The number of carbonyl (C=O) groups excluding carboxylic acids is 2.